The van der Waals surface area contributed by atoms with E-state index in [1.807, 2.05) is 0 Å². The van der Waals surface area contributed by atoms with Gasteiger partial charge in [0.1, 0.15) is 0 Å². The fourth-order valence-corrected chi connectivity index (χ4v) is 4.25. The predicted octanol–water partition coefficient (Wildman–Crippen LogP) is 4.49. The molecule has 0 aliphatic carbocycles. The minimum Gasteiger partial charge on any atom is -0.503 e. The third-order valence-electron chi connectivity index (χ3n) is 4.92. The van der Waals surface area contributed by atoms with Gasteiger partial charge in [0.05, 0.1) is 28.2 Å². The first kappa shape index (κ1) is 21.5. The molecule has 1 amide bonds. The molecule has 0 radical (unpaired) electrons. The second-order valence-corrected chi connectivity index (χ2v) is 8.38. The first-order chi connectivity index (χ1) is 15.4. The minimum atomic E-state index is -0.878. The Hall–Kier alpha value is -3.78. The molecule has 4 rings (SSSR count). The van der Waals surface area contributed by atoms with E-state index in [1.54, 1.807) is 74.1 Å². The van der Waals surface area contributed by atoms with Crippen molar-refractivity contribution in [2.75, 3.05) is 4.90 Å². The highest BCUT2D eigenvalue weighted by molar-refractivity contribution is 7.12. The summed E-state index contributed by atoms with van der Waals surface area (Å²) in [5.74, 6) is -2.28. The zero-order valence-corrected chi connectivity index (χ0v) is 18.2. The molecule has 1 N–H and O–H groups in total. The van der Waals surface area contributed by atoms with Crippen molar-refractivity contribution in [3.05, 3.63) is 93.6 Å². The topological polar surface area (TPSA) is 96.8 Å². The largest absolute Gasteiger partial charge is 0.503 e. The van der Waals surface area contributed by atoms with Crippen LogP contribution in [0.25, 0.3) is 0 Å². The average Bonchev–Trinajstić information content (AvgIpc) is 3.41. The number of ether oxygens (including phenoxy) is 1. The third kappa shape index (κ3) is 3.92. The van der Waals surface area contributed by atoms with Gasteiger partial charge in [-0.05, 0) is 61.2 Å². The number of carbonyl (C=O) groups excluding carboxylic acids is 3. The van der Waals surface area contributed by atoms with Crippen LogP contribution in [-0.4, -0.2) is 33.9 Å². The van der Waals surface area contributed by atoms with Crippen LogP contribution >= 0.6 is 11.3 Å². The quantitative estimate of drug-likeness (QED) is 0.441. The van der Waals surface area contributed by atoms with E-state index < -0.39 is 29.5 Å². The SMILES string of the molecule is CC(C)OC(=O)c1cccc(N2C(=O)C(O)=C(C(=O)c3cccs3)C2c2ccncc2)c1. The normalized spacial score (nSPS) is 16.0. The number of aliphatic hydroxyl groups is 1. The molecule has 3 heterocycles. The molecule has 1 aliphatic rings. The Bertz CT molecular complexity index is 1200. The number of rotatable bonds is 6. The molecule has 3 aromatic rings. The van der Waals surface area contributed by atoms with Crippen molar-refractivity contribution in [1.29, 1.82) is 0 Å². The lowest BCUT2D eigenvalue weighted by molar-refractivity contribution is -0.117. The number of benzene rings is 1. The summed E-state index contributed by atoms with van der Waals surface area (Å²) < 4.78 is 5.26. The number of hydrogen-bond donors (Lipinski definition) is 1. The Morgan fingerprint density at radius 3 is 2.53 bits per heavy atom. The maximum absolute atomic E-state index is 13.2. The smallest absolute Gasteiger partial charge is 0.338 e. The summed E-state index contributed by atoms with van der Waals surface area (Å²) >= 11 is 1.23. The molecule has 0 spiro atoms. The Kier molecular flexibility index (Phi) is 5.87. The molecule has 32 heavy (non-hydrogen) atoms. The Labute approximate surface area is 188 Å². The van der Waals surface area contributed by atoms with Crippen molar-refractivity contribution in [2.24, 2.45) is 0 Å². The lowest BCUT2D eigenvalue weighted by Crippen LogP contribution is -2.31. The van der Waals surface area contributed by atoms with Gasteiger partial charge in [0.15, 0.2) is 5.76 Å². The van der Waals surface area contributed by atoms with Gasteiger partial charge in [-0.25, -0.2) is 4.79 Å². The van der Waals surface area contributed by atoms with Crippen LogP contribution in [0.1, 0.15) is 45.5 Å². The van der Waals surface area contributed by atoms with Gasteiger partial charge in [-0.3, -0.25) is 19.5 Å². The number of anilines is 1. The molecule has 0 saturated heterocycles. The van der Waals surface area contributed by atoms with Crippen molar-refractivity contribution < 1.29 is 24.2 Å². The van der Waals surface area contributed by atoms with Gasteiger partial charge in [-0.15, -0.1) is 11.3 Å². The summed E-state index contributed by atoms with van der Waals surface area (Å²) in [6.07, 6.45) is 2.80. The number of thiophene rings is 1. The molecule has 7 nitrogen and oxygen atoms in total. The van der Waals surface area contributed by atoms with Crippen LogP contribution in [-0.2, 0) is 9.53 Å². The van der Waals surface area contributed by atoms with Crippen LogP contribution in [0, 0.1) is 0 Å². The van der Waals surface area contributed by atoms with Gasteiger partial charge >= 0.3 is 5.97 Å². The van der Waals surface area contributed by atoms with Crippen LogP contribution in [0.4, 0.5) is 5.69 Å². The van der Waals surface area contributed by atoms with Crippen LogP contribution in [0.3, 0.4) is 0 Å². The van der Waals surface area contributed by atoms with Crippen LogP contribution in [0.5, 0.6) is 0 Å². The second kappa shape index (κ2) is 8.76. The summed E-state index contributed by atoms with van der Waals surface area (Å²) in [5.41, 5.74) is 1.21. The van der Waals surface area contributed by atoms with Gasteiger partial charge in [0.25, 0.3) is 5.91 Å². The highest BCUT2D eigenvalue weighted by atomic mass is 32.1. The highest BCUT2D eigenvalue weighted by Crippen LogP contribution is 2.42. The van der Waals surface area contributed by atoms with E-state index in [1.165, 1.54) is 22.3 Å². The monoisotopic (exact) mass is 448 g/mol. The molecular formula is C24H20N2O5S. The molecule has 0 saturated carbocycles. The van der Waals surface area contributed by atoms with E-state index in [2.05, 4.69) is 4.98 Å². The summed E-state index contributed by atoms with van der Waals surface area (Å²) in [6.45, 7) is 3.49. The van der Waals surface area contributed by atoms with Crippen LogP contribution < -0.4 is 4.90 Å². The lowest BCUT2D eigenvalue weighted by atomic mass is 9.96. The molecule has 162 valence electrons. The first-order valence-electron chi connectivity index (χ1n) is 9.94. The zero-order valence-electron chi connectivity index (χ0n) is 17.4. The summed E-state index contributed by atoms with van der Waals surface area (Å²) in [6, 6.07) is 12.2. The van der Waals surface area contributed by atoms with E-state index >= 15 is 0 Å². The fraction of sp³-hybridized carbons (Fsp3) is 0.167. The number of ketones is 1. The number of aromatic nitrogens is 1. The van der Waals surface area contributed by atoms with Gasteiger partial charge < -0.3 is 9.84 Å². The zero-order chi connectivity index (χ0) is 22.8. The molecule has 1 aliphatic heterocycles. The maximum Gasteiger partial charge on any atom is 0.338 e. The summed E-state index contributed by atoms with van der Waals surface area (Å²) in [4.78, 5) is 44.6. The van der Waals surface area contributed by atoms with E-state index in [0.717, 1.165) is 0 Å². The van der Waals surface area contributed by atoms with E-state index in [4.69, 9.17) is 4.74 Å². The molecule has 8 heteroatoms. The molecule has 1 aromatic carbocycles. The summed E-state index contributed by atoms with van der Waals surface area (Å²) in [7, 11) is 0. The molecule has 0 bridgehead atoms. The number of amides is 1. The molecule has 1 unspecified atom stereocenters. The molecular weight excluding hydrogens is 428 g/mol. The molecule has 1 atom stereocenters. The number of hydrogen-bond acceptors (Lipinski definition) is 7. The fourth-order valence-electron chi connectivity index (χ4n) is 3.57. The van der Waals surface area contributed by atoms with Crippen molar-refractivity contribution in [3.8, 4) is 0 Å². The number of aliphatic hydroxyl groups excluding tert-OH is 1. The number of nitrogens with zero attached hydrogens (tertiary/aromatic N) is 2. The number of carbonyl (C=O) groups is 3. The van der Waals surface area contributed by atoms with Crippen molar-refractivity contribution in [2.45, 2.75) is 26.0 Å². The van der Waals surface area contributed by atoms with Gasteiger partial charge in [0.2, 0.25) is 5.78 Å². The number of Topliss-reactive ketones (excluding diaryl/α,β-unsaturated/α-hetero) is 1. The van der Waals surface area contributed by atoms with Gasteiger partial charge in [-0.1, -0.05) is 12.1 Å². The summed E-state index contributed by atoms with van der Waals surface area (Å²) in [5, 5.41) is 12.5. The highest BCUT2D eigenvalue weighted by Gasteiger charge is 2.45. The molecule has 0 fully saturated rings. The van der Waals surface area contributed by atoms with Crippen LogP contribution in [0.2, 0.25) is 0 Å². The Morgan fingerprint density at radius 2 is 1.88 bits per heavy atom. The number of esters is 1. The van der Waals surface area contributed by atoms with Gasteiger partial charge in [0, 0.05) is 18.1 Å². The Balaban J connectivity index is 1.81. The first-order valence-corrected chi connectivity index (χ1v) is 10.8. The van der Waals surface area contributed by atoms with Crippen molar-refractivity contribution in [1.82, 2.24) is 4.98 Å². The lowest BCUT2D eigenvalue weighted by Gasteiger charge is -2.27. The molecule has 2 aromatic heterocycles. The van der Waals surface area contributed by atoms with Crippen molar-refractivity contribution in [3.63, 3.8) is 0 Å². The van der Waals surface area contributed by atoms with Gasteiger partial charge in [-0.2, -0.15) is 0 Å². The second-order valence-electron chi connectivity index (χ2n) is 7.43. The predicted molar refractivity (Wildman–Crippen MR) is 120 cm³/mol. The van der Waals surface area contributed by atoms with E-state index in [9.17, 15) is 19.5 Å². The van der Waals surface area contributed by atoms with Crippen molar-refractivity contribution >= 4 is 34.7 Å². The Morgan fingerprint density at radius 1 is 1.12 bits per heavy atom. The average molecular weight is 449 g/mol. The number of pyridine rings is 1. The van der Waals surface area contributed by atoms with E-state index in [-0.39, 0.29) is 17.2 Å². The third-order valence-corrected chi connectivity index (χ3v) is 5.79. The minimum absolute atomic E-state index is 0.0150. The maximum atomic E-state index is 13.2. The van der Waals surface area contributed by atoms with Crippen LogP contribution in [0.15, 0.2) is 77.6 Å². The standard InChI is InChI=1S/C24H20N2O5S/c1-14(2)31-24(30)16-5-3-6-17(13-16)26-20(15-8-10-25-11-9-15)19(22(28)23(26)29)21(27)18-7-4-12-32-18/h3-14,20,28H,1-2H3. The van der Waals surface area contributed by atoms with E-state index in [0.29, 0.717) is 16.1 Å².